The van der Waals surface area contributed by atoms with Crippen molar-refractivity contribution in [2.24, 2.45) is 22.7 Å². The van der Waals surface area contributed by atoms with Crippen molar-refractivity contribution in [3.63, 3.8) is 0 Å². The topological polar surface area (TPSA) is 127 Å². The number of carbonyl (C=O) groups excluding carboxylic acids is 1. The van der Waals surface area contributed by atoms with Crippen LogP contribution >= 0.6 is 0 Å². The molecule has 186 valence electrons. The Hall–Kier alpha value is -1.46. The van der Waals surface area contributed by atoms with Crippen LogP contribution in [0.2, 0.25) is 0 Å². The Kier molecular flexibility index (Phi) is 6.95. The van der Waals surface area contributed by atoms with Gasteiger partial charge in [-0.3, -0.25) is 4.79 Å². The van der Waals surface area contributed by atoms with E-state index in [2.05, 4.69) is 23.9 Å². The largest absolute Gasteiger partial charge is 0.467 e. The predicted molar refractivity (Wildman–Crippen MR) is 120 cm³/mol. The van der Waals surface area contributed by atoms with Crippen molar-refractivity contribution in [2.45, 2.75) is 71.0 Å². The van der Waals surface area contributed by atoms with Crippen LogP contribution in [0.15, 0.2) is 22.8 Å². The van der Waals surface area contributed by atoms with Crippen LogP contribution in [0.3, 0.4) is 0 Å². The molecule has 10 heteroatoms. The summed E-state index contributed by atoms with van der Waals surface area (Å²) in [6, 6.07) is 3.60. The average Bonchev–Trinajstić information content (AvgIpc) is 3.26. The van der Waals surface area contributed by atoms with Crippen molar-refractivity contribution in [3.8, 4) is 0 Å². The number of aliphatic hydroxyl groups excluding tert-OH is 1. The zero-order valence-electron chi connectivity index (χ0n) is 19.6. The van der Waals surface area contributed by atoms with Crippen molar-refractivity contribution in [2.75, 3.05) is 19.4 Å². The van der Waals surface area contributed by atoms with Crippen LogP contribution in [0.1, 0.15) is 51.7 Å². The molecule has 3 N–H and O–H groups in total. The van der Waals surface area contributed by atoms with Gasteiger partial charge in [-0.1, -0.05) is 13.8 Å². The first-order valence-corrected chi connectivity index (χ1v) is 13.6. The highest BCUT2D eigenvalue weighted by molar-refractivity contribution is 7.88. The number of hydrogen-bond donors (Lipinski definition) is 3. The van der Waals surface area contributed by atoms with Crippen LogP contribution in [0.25, 0.3) is 0 Å². The summed E-state index contributed by atoms with van der Waals surface area (Å²) in [5.41, 5.74) is -0.493. The zero-order valence-corrected chi connectivity index (χ0v) is 20.4. The van der Waals surface area contributed by atoms with Crippen molar-refractivity contribution in [1.29, 1.82) is 0 Å². The fraction of sp³-hybridized carbons (Fsp3) is 0.783. The van der Waals surface area contributed by atoms with Gasteiger partial charge in [-0.05, 0) is 55.1 Å². The van der Waals surface area contributed by atoms with Gasteiger partial charge in [0.25, 0.3) is 0 Å². The molecule has 0 radical (unpaired) electrons. The molecule has 2 aliphatic carbocycles. The first-order valence-electron chi connectivity index (χ1n) is 11.7. The highest BCUT2D eigenvalue weighted by atomic mass is 32.2. The van der Waals surface area contributed by atoms with E-state index >= 15 is 0 Å². The van der Waals surface area contributed by atoms with Gasteiger partial charge in [0.2, 0.25) is 15.9 Å². The molecular formula is C23H36N2O7S. The molecule has 0 bridgehead atoms. The number of furan rings is 1. The summed E-state index contributed by atoms with van der Waals surface area (Å²) in [5.74, 6) is 0.669. The SMILES string of the molecule is C[C@@]12CO[C@@H](CNS(C)(=O)=O)O[C@@H]1CC[C@]1(C)[C@@H]2CC[C@@H](O)[C@H]1CC(=O)NCc1ccco1. The Morgan fingerprint density at radius 3 is 2.73 bits per heavy atom. The Morgan fingerprint density at radius 2 is 2.03 bits per heavy atom. The van der Waals surface area contributed by atoms with Crippen molar-refractivity contribution >= 4 is 15.9 Å². The molecule has 3 aliphatic rings. The van der Waals surface area contributed by atoms with Crippen LogP contribution in [-0.2, 0) is 30.8 Å². The summed E-state index contributed by atoms with van der Waals surface area (Å²) in [6.07, 6.45) is 4.84. The fourth-order valence-electron chi connectivity index (χ4n) is 6.48. The first-order chi connectivity index (χ1) is 15.5. The number of ether oxygens (including phenoxy) is 2. The van der Waals surface area contributed by atoms with Gasteiger partial charge in [-0.25, -0.2) is 13.1 Å². The quantitative estimate of drug-likeness (QED) is 0.538. The standard InChI is InChI=1S/C23H36N2O7S/c1-22-9-8-19-23(2,14-31-21(32-19)13-25-33(3,28)29)18(22)7-6-17(26)16(22)11-20(27)24-12-15-5-4-10-30-15/h4-5,10,16-19,21,25-26H,6-9,11-14H2,1-3H3,(H,24,27)/t16-,17-,18+,19-,21-,22+,23+/m1/s1. The minimum atomic E-state index is -3.32. The maximum atomic E-state index is 12.8. The predicted octanol–water partition coefficient (Wildman–Crippen LogP) is 1.77. The van der Waals surface area contributed by atoms with Gasteiger partial charge in [-0.15, -0.1) is 0 Å². The van der Waals surface area contributed by atoms with E-state index < -0.39 is 22.4 Å². The third kappa shape index (κ3) is 5.14. The van der Waals surface area contributed by atoms with Crippen molar-refractivity contribution in [3.05, 3.63) is 24.2 Å². The second-order valence-corrected chi connectivity index (χ2v) is 12.2. The van der Waals surface area contributed by atoms with E-state index in [0.717, 1.165) is 25.5 Å². The second-order valence-electron chi connectivity index (χ2n) is 10.4. The highest BCUT2D eigenvalue weighted by Gasteiger charge is 2.61. The summed E-state index contributed by atoms with van der Waals surface area (Å²) in [4.78, 5) is 12.8. The highest BCUT2D eigenvalue weighted by Crippen LogP contribution is 2.62. The summed E-state index contributed by atoms with van der Waals surface area (Å²) in [5, 5.41) is 13.8. The Bertz CT molecular complexity index is 937. The van der Waals surface area contributed by atoms with Crippen molar-refractivity contribution in [1.82, 2.24) is 10.0 Å². The average molecular weight is 485 g/mol. The Morgan fingerprint density at radius 1 is 1.24 bits per heavy atom. The lowest BCUT2D eigenvalue weighted by Crippen LogP contribution is -2.63. The number of amides is 1. The molecule has 1 amide bonds. The van der Waals surface area contributed by atoms with Crippen LogP contribution in [0.5, 0.6) is 0 Å². The molecule has 0 aromatic carbocycles. The molecule has 2 heterocycles. The molecule has 3 fully saturated rings. The number of aliphatic hydroxyl groups is 1. The third-order valence-corrected chi connectivity index (χ3v) is 8.88. The Labute approximate surface area is 195 Å². The Balaban J connectivity index is 1.43. The van der Waals surface area contributed by atoms with E-state index in [4.69, 9.17) is 13.9 Å². The molecule has 9 nitrogen and oxygen atoms in total. The number of rotatable bonds is 7. The molecule has 1 aliphatic heterocycles. The summed E-state index contributed by atoms with van der Waals surface area (Å²) >= 11 is 0. The minimum absolute atomic E-state index is 0.0562. The summed E-state index contributed by atoms with van der Waals surface area (Å²) < 4.78 is 42.8. The van der Waals surface area contributed by atoms with E-state index in [1.807, 2.05) is 6.07 Å². The molecule has 4 rings (SSSR count). The van der Waals surface area contributed by atoms with Gasteiger partial charge in [0, 0.05) is 11.8 Å². The van der Waals surface area contributed by atoms with Gasteiger partial charge in [0.1, 0.15) is 5.76 Å². The van der Waals surface area contributed by atoms with Gasteiger partial charge in [0.05, 0.1) is 44.4 Å². The molecule has 1 aromatic rings. The molecule has 1 aromatic heterocycles. The van der Waals surface area contributed by atoms with Crippen LogP contribution in [0, 0.1) is 22.7 Å². The molecular weight excluding hydrogens is 448 g/mol. The maximum absolute atomic E-state index is 12.8. The van der Waals surface area contributed by atoms with Crippen LogP contribution in [-0.4, -0.2) is 57.3 Å². The van der Waals surface area contributed by atoms with E-state index in [9.17, 15) is 18.3 Å². The number of fused-ring (bicyclic) bond motifs is 3. The zero-order chi connectivity index (χ0) is 23.9. The van der Waals surface area contributed by atoms with E-state index in [1.165, 1.54) is 0 Å². The van der Waals surface area contributed by atoms with E-state index in [0.29, 0.717) is 25.3 Å². The molecule has 0 unspecified atom stereocenters. The first kappa shape index (κ1) is 24.7. The van der Waals surface area contributed by atoms with E-state index in [-0.39, 0.29) is 47.6 Å². The molecule has 2 saturated carbocycles. The lowest BCUT2D eigenvalue weighted by Gasteiger charge is -2.63. The van der Waals surface area contributed by atoms with Gasteiger partial charge in [0.15, 0.2) is 6.29 Å². The molecule has 1 saturated heterocycles. The fourth-order valence-corrected chi connectivity index (χ4v) is 6.92. The third-order valence-electron chi connectivity index (χ3n) is 8.19. The van der Waals surface area contributed by atoms with E-state index in [1.54, 1.807) is 12.3 Å². The van der Waals surface area contributed by atoms with Crippen molar-refractivity contribution < 1.29 is 32.2 Å². The van der Waals surface area contributed by atoms with Crippen LogP contribution in [0.4, 0.5) is 0 Å². The number of hydrogen-bond acceptors (Lipinski definition) is 7. The summed E-state index contributed by atoms with van der Waals surface area (Å²) in [7, 11) is -3.32. The molecule has 7 atom stereocenters. The van der Waals surface area contributed by atoms with Gasteiger partial charge < -0.3 is 24.3 Å². The lowest BCUT2D eigenvalue weighted by molar-refractivity contribution is -0.305. The normalized spacial score (nSPS) is 38.8. The van der Waals surface area contributed by atoms with Gasteiger partial charge >= 0.3 is 0 Å². The monoisotopic (exact) mass is 484 g/mol. The molecule has 0 spiro atoms. The van der Waals surface area contributed by atoms with Crippen LogP contribution < -0.4 is 10.0 Å². The van der Waals surface area contributed by atoms with Gasteiger partial charge in [-0.2, -0.15) is 0 Å². The lowest BCUT2D eigenvalue weighted by atomic mass is 9.46. The number of nitrogens with one attached hydrogen (secondary N) is 2. The number of sulfonamides is 1. The second kappa shape index (κ2) is 9.30. The molecule has 33 heavy (non-hydrogen) atoms. The minimum Gasteiger partial charge on any atom is -0.467 e. The smallest absolute Gasteiger partial charge is 0.220 e. The number of carbonyl (C=O) groups is 1. The maximum Gasteiger partial charge on any atom is 0.220 e. The summed E-state index contributed by atoms with van der Waals surface area (Å²) in [6.45, 7) is 5.25.